The minimum atomic E-state index is 0.341. The van der Waals surface area contributed by atoms with Gasteiger partial charge >= 0.3 is 0 Å². The van der Waals surface area contributed by atoms with E-state index in [0.29, 0.717) is 6.04 Å². The number of nitrogens with zero attached hydrogens (tertiary/aromatic N) is 2. The van der Waals surface area contributed by atoms with Crippen molar-refractivity contribution in [3.63, 3.8) is 0 Å². The lowest BCUT2D eigenvalue weighted by Gasteiger charge is -2.12. The summed E-state index contributed by atoms with van der Waals surface area (Å²) in [7, 11) is 0. The molecule has 0 fully saturated rings. The molecule has 0 radical (unpaired) electrons. The lowest BCUT2D eigenvalue weighted by atomic mass is 10.3. The first kappa shape index (κ1) is 13.8. The Balaban J connectivity index is 2.22. The van der Waals surface area contributed by atoms with E-state index in [9.17, 15) is 0 Å². The molecule has 0 aliphatic carbocycles. The molecule has 100 valence electrons. The highest BCUT2D eigenvalue weighted by atomic mass is 79.9. The maximum absolute atomic E-state index is 4.39. The van der Waals surface area contributed by atoms with Gasteiger partial charge in [-0.25, -0.2) is 9.97 Å². The highest BCUT2D eigenvalue weighted by molar-refractivity contribution is 9.10. The molecule has 4 nitrogen and oxygen atoms in total. The fourth-order valence-electron chi connectivity index (χ4n) is 1.72. The standard InChI is InChI=1S/C14H17BrN4/c1-9(2)16-13-8-14(18-10(3)17-13)19-12-6-4-5-11(15)7-12/h4-9H,1-3H3,(H2,16,17,18,19). The highest BCUT2D eigenvalue weighted by Gasteiger charge is 2.03. The highest BCUT2D eigenvalue weighted by Crippen LogP contribution is 2.21. The fourth-order valence-corrected chi connectivity index (χ4v) is 2.11. The molecule has 1 aromatic heterocycles. The minimum Gasteiger partial charge on any atom is -0.368 e. The molecule has 0 saturated heterocycles. The zero-order valence-electron chi connectivity index (χ0n) is 11.2. The summed E-state index contributed by atoms with van der Waals surface area (Å²) in [6.07, 6.45) is 0. The van der Waals surface area contributed by atoms with Crippen LogP contribution in [0.5, 0.6) is 0 Å². The molecular weight excluding hydrogens is 304 g/mol. The van der Waals surface area contributed by atoms with E-state index >= 15 is 0 Å². The van der Waals surface area contributed by atoms with E-state index in [4.69, 9.17) is 0 Å². The van der Waals surface area contributed by atoms with Gasteiger partial charge in [-0.05, 0) is 39.0 Å². The van der Waals surface area contributed by atoms with Gasteiger partial charge in [0.1, 0.15) is 17.5 Å². The molecule has 2 N–H and O–H groups in total. The second-order valence-electron chi connectivity index (χ2n) is 4.62. The van der Waals surface area contributed by atoms with Gasteiger partial charge in [0.05, 0.1) is 0 Å². The first-order chi connectivity index (χ1) is 9.02. The van der Waals surface area contributed by atoms with Crippen LogP contribution in [-0.2, 0) is 0 Å². The van der Waals surface area contributed by atoms with Crippen LogP contribution < -0.4 is 10.6 Å². The summed E-state index contributed by atoms with van der Waals surface area (Å²) in [6.45, 7) is 6.05. The number of anilines is 3. The Labute approximate surface area is 121 Å². The van der Waals surface area contributed by atoms with Crippen molar-refractivity contribution in [3.8, 4) is 0 Å². The van der Waals surface area contributed by atoms with E-state index in [1.54, 1.807) is 0 Å². The van der Waals surface area contributed by atoms with Gasteiger partial charge < -0.3 is 10.6 Å². The molecule has 1 aromatic carbocycles. The van der Waals surface area contributed by atoms with E-state index in [2.05, 4.69) is 50.4 Å². The van der Waals surface area contributed by atoms with Crippen LogP contribution in [0, 0.1) is 6.92 Å². The van der Waals surface area contributed by atoms with Gasteiger partial charge in [0.15, 0.2) is 0 Å². The van der Waals surface area contributed by atoms with Gasteiger partial charge in [0, 0.05) is 22.3 Å². The molecule has 0 amide bonds. The van der Waals surface area contributed by atoms with Crippen molar-refractivity contribution in [2.24, 2.45) is 0 Å². The van der Waals surface area contributed by atoms with Crippen molar-refractivity contribution in [3.05, 3.63) is 40.6 Å². The zero-order chi connectivity index (χ0) is 13.8. The number of aryl methyl sites for hydroxylation is 1. The van der Waals surface area contributed by atoms with Crippen molar-refractivity contribution in [2.75, 3.05) is 10.6 Å². The quantitative estimate of drug-likeness (QED) is 0.890. The predicted octanol–water partition coefficient (Wildman–Crippen LogP) is 4.11. The molecule has 0 unspecified atom stereocenters. The number of aromatic nitrogens is 2. The minimum absolute atomic E-state index is 0.341. The monoisotopic (exact) mass is 320 g/mol. The van der Waals surface area contributed by atoms with Gasteiger partial charge in [-0.2, -0.15) is 0 Å². The van der Waals surface area contributed by atoms with Crippen molar-refractivity contribution < 1.29 is 0 Å². The number of rotatable bonds is 4. The second kappa shape index (κ2) is 6.02. The normalized spacial score (nSPS) is 10.6. The van der Waals surface area contributed by atoms with Gasteiger partial charge in [-0.15, -0.1) is 0 Å². The molecule has 0 atom stereocenters. The first-order valence-electron chi connectivity index (χ1n) is 6.18. The molecule has 2 aromatic rings. The van der Waals surface area contributed by atoms with E-state index < -0.39 is 0 Å². The average molecular weight is 321 g/mol. The van der Waals surface area contributed by atoms with Crippen LogP contribution >= 0.6 is 15.9 Å². The molecule has 0 saturated carbocycles. The maximum atomic E-state index is 4.39. The average Bonchev–Trinajstić information content (AvgIpc) is 2.26. The first-order valence-corrected chi connectivity index (χ1v) is 6.97. The summed E-state index contributed by atoms with van der Waals surface area (Å²) in [5.74, 6) is 2.36. The smallest absolute Gasteiger partial charge is 0.136 e. The van der Waals surface area contributed by atoms with E-state index in [1.807, 2.05) is 37.3 Å². The van der Waals surface area contributed by atoms with Crippen molar-refractivity contribution in [1.29, 1.82) is 0 Å². The lowest BCUT2D eigenvalue weighted by Crippen LogP contribution is -2.12. The van der Waals surface area contributed by atoms with Crippen LogP contribution in [0.2, 0.25) is 0 Å². The predicted molar refractivity (Wildman–Crippen MR) is 83.0 cm³/mol. The Bertz CT molecular complexity index is 569. The van der Waals surface area contributed by atoms with Gasteiger partial charge in [0.25, 0.3) is 0 Å². The number of benzene rings is 1. The van der Waals surface area contributed by atoms with Gasteiger partial charge in [-0.3, -0.25) is 0 Å². The summed E-state index contributed by atoms with van der Waals surface area (Å²) in [6, 6.07) is 10.2. The van der Waals surface area contributed by atoms with E-state index in [1.165, 1.54) is 0 Å². The van der Waals surface area contributed by atoms with Crippen LogP contribution in [0.25, 0.3) is 0 Å². The summed E-state index contributed by atoms with van der Waals surface area (Å²) in [4.78, 5) is 8.75. The Morgan fingerprint density at radius 1 is 1.11 bits per heavy atom. The van der Waals surface area contributed by atoms with Crippen LogP contribution in [-0.4, -0.2) is 16.0 Å². The van der Waals surface area contributed by atoms with Crippen molar-refractivity contribution in [1.82, 2.24) is 9.97 Å². The molecule has 2 rings (SSSR count). The third kappa shape index (κ3) is 4.21. The number of hydrogen-bond acceptors (Lipinski definition) is 4. The Kier molecular flexibility index (Phi) is 4.37. The molecule has 0 aliphatic heterocycles. The second-order valence-corrected chi connectivity index (χ2v) is 5.54. The lowest BCUT2D eigenvalue weighted by molar-refractivity contribution is 0.881. The SMILES string of the molecule is Cc1nc(Nc2cccc(Br)c2)cc(NC(C)C)n1. The third-order valence-corrected chi connectivity index (χ3v) is 2.86. The molecule has 1 heterocycles. The van der Waals surface area contributed by atoms with Crippen LogP contribution in [0.4, 0.5) is 17.3 Å². The van der Waals surface area contributed by atoms with Crippen molar-refractivity contribution in [2.45, 2.75) is 26.8 Å². The van der Waals surface area contributed by atoms with Crippen LogP contribution in [0.3, 0.4) is 0 Å². The molecule has 0 spiro atoms. The topological polar surface area (TPSA) is 49.8 Å². The zero-order valence-corrected chi connectivity index (χ0v) is 12.8. The Morgan fingerprint density at radius 2 is 1.84 bits per heavy atom. The number of hydrogen-bond donors (Lipinski definition) is 2. The summed E-state index contributed by atoms with van der Waals surface area (Å²) < 4.78 is 1.03. The molecular formula is C14H17BrN4. The maximum Gasteiger partial charge on any atom is 0.136 e. The molecule has 0 aliphatic rings. The molecule has 19 heavy (non-hydrogen) atoms. The number of halogens is 1. The summed E-state index contributed by atoms with van der Waals surface area (Å²) in [5, 5.41) is 6.56. The number of nitrogens with one attached hydrogen (secondary N) is 2. The van der Waals surface area contributed by atoms with E-state index in [0.717, 1.165) is 27.6 Å². The van der Waals surface area contributed by atoms with Crippen LogP contribution in [0.15, 0.2) is 34.8 Å². The largest absolute Gasteiger partial charge is 0.368 e. The fraction of sp³-hybridized carbons (Fsp3) is 0.286. The summed E-state index contributed by atoms with van der Waals surface area (Å²) >= 11 is 3.45. The third-order valence-electron chi connectivity index (χ3n) is 2.37. The Hall–Kier alpha value is -1.62. The van der Waals surface area contributed by atoms with Crippen LogP contribution in [0.1, 0.15) is 19.7 Å². The van der Waals surface area contributed by atoms with E-state index in [-0.39, 0.29) is 0 Å². The van der Waals surface area contributed by atoms with Gasteiger partial charge in [-0.1, -0.05) is 22.0 Å². The molecule has 0 bridgehead atoms. The Morgan fingerprint density at radius 3 is 2.53 bits per heavy atom. The van der Waals surface area contributed by atoms with Gasteiger partial charge in [0.2, 0.25) is 0 Å². The summed E-state index contributed by atoms with van der Waals surface area (Å²) in [5.41, 5.74) is 0.989. The molecule has 5 heteroatoms. The van der Waals surface area contributed by atoms with Crippen molar-refractivity contribution >= 4 is 33.3 Å².